The number of anilines is 1. The third-order valence-corrected chi connectivity index (χ3v) is 5.39. The fraction of sp³-hybridized carbons (Fsp3) is 0.120. The van der Waals surface area contributed by atoms with Gasteiger partial charge in [0.15, 0.2) is 0 Å². The number of hydrogen-bond donors (Lipinski definition) is 1. The maximum absolute atomic E-state index is 14.7. The maximum Gasteiger partial charge on any atom is 0.300 e. The van der Waals surface area contributed by atoms with Crippen LogP contribution < -0.4 is 14.4 Å². The minimum atomic E-state index is -1.18. The van der Waals surface area contributed by atoms with Crippen LogP contribution in [0.2, 0.25) is 0 Å². The number of rotatable bonds is 5. The van der Waals surface area contributed by atoms with Crippen molar-refractivity contribution in [2.75, 3.05) is 19.1 Å². The maximum atomic E-state index is 14.7. The first kappa shape index (κ1) is 22.0. The van der Waals surface area contributed by atoms with Gasteiger partial charge < -0.3 is 14.6 Å². The molecular formula is C25H19F2NO5. The molecule has 1 aliphatic rings. The van der Waals surface area contributed by atoms with E-state index in [2.05, 4.69) is 0 Å². The third kappa shape index (κ3) is 3.69. The van der Waals surface area contributed by atoms with Crippen molar-refractivity contribution in [3.05, 3.63) is 95.1 Å². The standard InChI is InChI=1S/C25H19F2NO5/c1-32-18-9-6-10-19(33-2)20(18)23(29)21-22(14-7-4-3-5-8-14)28(25(31)24(21)30)17-12-11-15(26)13-16(17)27/h3-13,22,29H,1-2H3/b23-21+. The van der Waals surface area contributed by atoms with Gasteiger partial charge in [-0.05, 0) is 29.8 Å². The molecule has 0 radical (unpaired) electrons. The van der Waals surface area contributed by atoms with Crippen LogP contribution in [0, 0.1) is 11.6 Å². The number of nitrogens with zero attached hydrogens (tertiary/aromatic N) is 1. The van der Waals surface area contributed by atoms with Crippen molar-refractivity contribution < 1.29 is 33.0 Å². The Bertz CT molecular complexity index is 1250. The van der Waals surface area contributed by atoms with Crippen LogP contribution in [0.3, 0.4) is 0 Å². The Morgan fingerprint density at radius 2 is 1.55 bits per heavy atom. The van der Waals surface area contributed by atoms with Crippen LogP contribution in [-0.2, 0) is 9.59 Å². The number of aliphatic hydroxyl groups is 1. The lowest BCUT2D eigenvalue weighted by molar-refractivity contribution is -0.132. The van der Waals surface area contributed by atoms with Crippen LogP contribution >= 0.6 is 0 Å². The summed E-state index contributed by atoms with van der Waals surface area (Å²) in [7, 11) is 2.76. The number of aliphatic hydroxyl groups excluding tert-OH is 1. The summed E-state index contributed by atoms with van der Waals surface area (Å²) in [5.41, 5.74) is -0.0621. The number of carbonyl (C=O) groups excluding carboxylic acids is 2. The Morgan fingerprint density at radius 1 is 0.909 bits per heavy atom. The average Bonchev–Trinajstić information content (AvgIpc) is 3.09. The molecule has 3 aromatic rings. The Labute approximate surface area is 188 Å². The molecule has 1 atom stereocenters. The number of ketones is 1. The van der Waals surface area contributed by atoms with Gasteiger partial charge in [0.25, 0.3) is 11.7 Å². The molecule has 1 amide bonds. The van der Waals surface area contributed by atoms with Gasteiger partial charge in [-0.3, -0.25) is 14.5 Å². The summed E-state index contributed by atoms with van der Waals surface area (Å²) in [5.74, 6) is -4.07. The van der Waals surface area contributed by atoms with Crippen molar-refractivity contribution in [2.45, 2.75) is 6.04 Å². The van der Waals surface area contributed by atoms with Crippen molar-refractivity contribution in [1.29, 1.82) is 0 Å². The van der Waals surface area contributed by atoms with E-state index in [9.17, 15) is 23.5 Å². The Hall–Kier alpha value is -4.20. The Kier molecular flexibility index (Phi) is 5.83. The molecule has 0 aromatic heterocycles. The smallest absolute Gasteiger partial charge is 0.300 e. The summed E-state index contributed by atoms with van der Waals surface area (Å²) in [6.45, 7) is 0. The number of ether oxygens (including phenoxy) is 2. The molecule has 0 aliphatic carbocycles. The Balaban J connectivity index is 2.02. The lowest BCUT2D eigenvalue weighted by Gasteiger charge is -2.26. The highest BCUT2D eigenvalue weighted by molar-refractivity contribution is 6.51. The molecule has 0 saturated carbocycles. The molecule has 1 fully saturated rings. The zero-order valence-corrected chi connectivity index (χ0v) is 17.7. The first-order valence-electron chi connectivity index (χ1n) is 9.91. The summed E-state index contributed by atoms with van der Waals surface area (Å²) >= 11 is 0. The van der Waals surface area contributed by atoms with Crippen molar-refractivity contribution in [1.82, 2.24) is 0 Å². The highest BCUT2D eigenvalue weighted by Crippen LogP contribution is 2.45. The summed E-state index contributed by atoms with van der Waals surface area (Å²) in [4.78, 5) is 27.2. The highest BCUT2D eigenvalue weighted by Gasteiger charge is 2.48. The van der Waals surface area contributed by atoms with E-state index in [0.29, 0.717) is 11.6 Å². The van der Waals surface area contributed by atoms with Gasteiger partial charge in [-0.15, -0.1) is 0 Å². The first-order valence-corrected chi connectivity index (χ1v) is 9.91. The molecule has 168 valence electrons. The van der Waals surface area contributed by atoms with Gasteiger partial charge in [0, 0.05) is 6.07 Å². The molecule has 3 aromatic carbocycles. The van der Waals surface area contributed by atoms with Crippen LogP contribution in [0.5, 0.6) is 11.5 Å². The van der Waals surface area contributed by atoms with Crippen molar-refractivity contribution >= 4 is 23.1 Å². The molecule has 1 unspecified atom stereocenters. The van der Waals surface area contributed by atoms with Gasteiger partial charge in [-0.25, -0.2) is 8.78 Å². The lowest BCUT2D eigenvalue weighted by atomic mass is 9.94. The molecular weight excluding hydrogens is 432 g/mol. The average molecular weight is 451 g/mol. The molecule has 1 heterocycles. The topological polar surface area (TPSA) is 76.1 Å². The number of Topliss-reactive ketones (excluding diaryl/α,β-unsaturated/α-hetero) is 1. The molecule has 4 rings (SSSR count). The van der Waals surface area contributed by atoms with Crippen LogP contribution in [0.4, 0.5) is 14.5 Å². The second-order valence-electron chi connectivity index (χ2n) is 7.21. The second kappa shape index (κ2) is 8.74. The van der Waals surface area contributed by atoms with E-state index in [-0.39, 0.29) is 28.3 Å². The van der Waals surface area contributed by atoms with Crippen molar-refractivity contribution in [2.24, 2.45) is 0 Å². The number of methoxy groups -OCH3 is 2. The highest BCUT2D eigenvalue weighted by atomic mass is 19.1. The lowest BCUT2D eigenvalue weighted by Crippen LogP contribution is -2.30. The number of amides is 1. The van der Waals surface area contributed by atoms with E-state index < -0.39 is 35.1 Å². The zero-order chi connectivity index (χ0) is 23.7. The summed E-state index contributed by atoms with van der Waals surface area (Å²) < 4.78 is 38.9. The van der Waals surface area contributed by atoms with Gasteiger partial charge in [-0.1, -0.05) is 36.4 Å². The minimum absolute atomic E-state index is 0.0704. The molecule has 1 saturated heterocycles. The second-order valence-corrected chi connectivity index (χ2v) is 7.21. The van der Waals surface area contributed by atoms with E-state index in [4.69, 9.17) is 9.47 Å². The number of halogens is 2. The van der Waals surface area contributed by atoms with Crippen molar-refractivity contribution in [3.8, 4) is 11.5 Å². The molecule has 8 heteroatoms. The monoisotopic (exact) mass is 451 g/mol. The van der Waals surface area contributed by atoms with Gasteiger partial charge in [0.2, 0.25) is 0 Å². The van der Waals surface area contributed by atoms with E-state index in [1.54, 1.807) is 48.5 Å². The quantitative estimate of drug-likeness (QED) is 0.348. The molecule has 1 N–H and O–H groups in total. The number of hydrogen-bond acceptors (Lipinski definition) is 5. The Morgan fingerprint density at radius 3 is 2.12 bits per heavy atom. The molecule has 33 heavy (non-hydrogen) atoms. The zero-order valence-electron chi connectivity index (χ0n) is 17.7. The van der Waals surface area contributed by atoms with Crippen LogP contribution in [-0.4, -0.2) is 31.0 Å². The van der Waals surface area contributed by atoms with E-state index in [1.165, 1.54) is 14.2 Å². The first-order chi connectivity index (χ1) is 15.9. The van der Waals surface area contributed by atoms with Crippen LogP contribution in [0.1, 0.15) is 17.2 Å². The predicted octanol–water partition coefficient (Wildman–Crippen LogP) is 4.61. The third-order valence-electron chi connectivity index (χ3n) is 5.39. The van der Waals surface area contributed by atoms with Crippen LogP contribution in [0.15, 0.2) is 72.3 Å². The van der Waals surface area contributed by atoms with E-state index >= 15 is 0 Å². The largest absolute Gasteiger partial charge is 0.506 e. The van der Waals surface area contributed by atoms with Crippen LogP contribution in [0.25, 0.3) is 5.76 Å². The van der Waals surface area contributed by atoms with Gasteiger partial charge in [0.1, 0.15) is 34.5 Å². The summed E-state index contributed by atoms with van der Waals surface area (Å²) in [6.07, 6.45) is 0. The normalized spacial score (nSPS) is 17.3. The molecule has 1 aliphatic heterocycles. The van der Waals surface area contributed by atoms with Crippen molar-refractivity contribution in [3.63, 3.8) is 0 Å². The summed E-state index contributed by atoms with van der Waals surface area (Å²) in [6, 6.07) is 14.6. The number of benzene rings is 3. The molecule has 0 spiro atoms. The van der Waals surface area contributed by atoms with E-state index in [1.807, 2.05) is 0 Å². The molecule has 6 nitrogen and oxygen atoms in total. The number of carbonyl (C=O) groups is 2. The SMILES string of the molecule is COc1cccc(OC)c1/C(O)=C1\C(=O)C(=O)N(c2ccc(F)cc2F)C1c1ccccc1. The predicted molar refractivity (Wildman–Crippen MR) is 117 cm³/mol. The fourth-order valence-electron chi connectivity index (χ4n) is 3.93. The van der Waals surface area contributed by atoms with Gasteiger partial charge in [0.05, 0.1) is 31.5 Å². The van der Waals surface area contributed by atoms with E-state index in [0.717, 1.165) is 17.0 Å². The van der Waals surface area contributed by atoms with Gasteiger partial charge >= 0.3 is 0 Å². The summed E-state index contributed by atoms with van der Waals surface area (Å²) in [5, 5.41) is 11.3. The van der Waals surface area contributed by atoms with Gasteiger partial charge in [-0.2, -0.15) is 0 Å². The minimum Gasteiger partial charge on any atom is -0.506 e. The molecule has 0 bridgehead atoms. The fourth-order valence-corrected chi connectivity index (χ4v) is 3.93.